The predicted octanol–water partition coefficient (Wildman–Crippen LogP) is 3.59. The fourth-order valence-corrected chi connectivity index (χ4v) is 3.38. The van der Waals surface area contributed by atoms with Gasteiger partial charge in [-0.05, 0) is 24.5 Å². The number of methoxy groups -OCH3 is 1. The van der Waals surface area contributed by atoms with Gasteiger partial charge in [-0.3, -0.25) is 10.00 Å². The second-order valence-corrected chi connectivity index (χ2v) is 6.40. The molecule has 7 nitrogen and oxygen atoms in total. The van der Waals surface area contributed by atoms with E-state index in [0.717, 1.165) is 6.07 Å². The van der Waals surface area contributed by atoms with Crippen LogP contribution in [-0.4, -0.2) is 40.3 Å². The summed E-state index contributed by atoms with van der Waals surface area (Å²) in [6.45, 7) is 0.319. The maximum Gasteiger partial charge on any atom is 0.416 e. The zero-order valence-corrected chi connectivity index (χ0v) is 15.3. The lowest BCUT2D eigenvalue weighted by Crippen LogP contribution is -2.35. The molecule has 1 aromatic carbocycles. The number of amides is 2. The van der Waals surface area contributed by atoms with E-state index in [1.54, 1.807) is 0 Å². The first-order chi connectivity index (χ1) is 13.2. The Labute approximate surface area is 159 Å². The normalized spacial score (nSPS) is 16.9. The van der Waals surface area contributed by atoms with Crippen LogP contribution in [0.25, 0.3) is 0 Å². The number of rotatable bonds is 3. The summed E-state index contributed by atoms with van der Waals surface area (Å²) in [6, 6.07) is 5.35. The van der Waals surface area contributed by atoms with Crippen LogP contribution in [0.3, 0.4) is 0 Å². The maximum absolute atomic E-state index is 13.4. The van der Waals surface area contributed by atoms with Gasteiger partial charge >= 0.3 is 18.2 Å². The van der Waals surface area contributed by atoms with Gasteiger partial charge in [-0.15, -0.1) is 0 Å². The van der Waals surface area contributed by atoms with E-state index in [4.69, 9.17) is 0 Å². The number of esters is 1. The summed E-state index contributed by atoms with van der Waals surface area (Å²) in [6.07, 6.45) is -3.49. The first kappa shape index (κ1) is 19.7. The van der Waals surface area contributed by atoms with Crippen molar-refractivity contribution < 1.29 is 27.5 Å². The SMILES string of the molecule is COC(=O)c1cc(NC(=O)N2CCCC2c2ccccc2C(F)(F)F)nn1C. The minimum Gasteiger partial charge on any atom is -0.464 e. The summed E-state index contributed by atoms with van der Waals surface area (Å²) >= 11 is 0. The molecule has 1 atom stereocenters. The largest absolute Gasteiger partial charge is 0.464 e. The number of aryl methyl sites for hydroxylation is 1. The molecule has 2 heterocycles. The van der Waals surface area contributed by atoms with Gasteiger partial charge < -0.3 is 9.64 Å². The Bertz CT molecular complexity index is 894. The molecular weight excluding hydrogens is 377 g/mol. The second-order valence-electron chi connectivity index (χ2n) is 6.40. The van der Waals surface area contributed by atoms with E-state index in [1.807, 2.05) is 0 Å². The Hall–Kier alpha value is -3.04. The molecule has 1 N–H and O–H groups in total. The topological polar surface area (TPSA) is 76.5 Å². The van der Waals surface area contributed by atoms with Gasteiger partial charge in [0.25, 0.3) is 0 Å². The molecular formula is C18H19F3N4O3. The van der Waals surface area contributed by atoms with Crippen LogP contribution in [0.2, 0.25) is 0 Å². The van der Waals surface area contributed by atoms with E-state index < -0.39 is 29.8 Å². The van der Waals surface area contributed by atoms with Crippen LogP contribution in [0.15, 0.2) is 30.3 Å². The van der Waals surface area contributed by atoms with Crippen LogP contribution in [0, 0.1) is 0 Å². The lowest BCUT2D eigenvalue weighted by Gasteiger charge is -2.27. The average Bonchev–Trinajstić information content (AvgIpc) is 3.27. The van der Waals surface area contributed by atoms with Gasteiger partial charge in [-0.1, -0.05) is 18.2 Å². The van der Waals surface area contributed by atoms with Crippen molar-refractivity contribution in [1.82, 2.24) is 14.7 Å². The van der Waals surface area contributed by atoms with Crippen molar-refractivity contribution >= 4 is 17.8 Å². The first-order valence-corrected chi connectivity index (χ1v) is 8.58. The number of nitrogens with one attached hydrogen (secondary N) is 1. The summed E-state index contributed by atoms with van der Waals surface area (Å²) < 4.78 is 46.0. The quantitative estimate of drug-likeness (QED) is 0.805. The number of urea groups is 1. The molecule has 2 amide bonds. The molecule has 1 fully saturated rings. The number of hydrogen-bond acceptors (Lipinski definition) is 4. The molecule has 150 valence electrons. The Kier molecular flexibility index (Phi) is 5.30. The standard InChI is InChI=1S/C18H19F3N4O3/c1-24-14(16(26)28-2)10-15(23-24)22-17(27)25-9-5-8-13(25)11-6-3-4-7-12(11)18(19,20)21/h3-4,6-7,10,13H,5,8-9H2,1-2H3,(H,22,23,27). The predicted molar refractivity (Wildman–Crippen MR) is 93.7 cm³/mol. The number of likely N-dealkylation sites (tertiary alicyclic amines) is 1. The van der Waals surface area contributed by atoms with E-state index in [-0.39, 0.29) is 17.1 Å². The van der Waals surface area contributed by atoms with Crippen LogP contribution in [0.5, 0.6) is 0 Å². The third-order valence-electron chi connectivity index (χ3n) is 4.65. The number of anilines is 1. The van der Waals surface area contributed by atoms with Crippen LogP contribution in [0.4, 0.5) is 23.8 Å². The number of carbonyl (C=O) groups is 2. The van der Waals surface area contributed by atoms with Gasteiger partial charge in [-0.25, -0.2) is 9.59 Å². The van der Waals surface area contributed by atoms with E-state index in [1.165, 1.54) is 48.0 Å². The fraction of sp³-hybridized carbons (Fsp3) is 0.389. The van der Waals surface area contributed by atoms with Crippen LogP contribution >= 0.6 is 0 Å². The van der Waals surface area contributed by atoms with Crippen LogP contribution in [-0.2, 0) is 18.0 Å². The molecule has 0 saturated carbocycles. The van der Waals surface area contributed by atoms with Crippen molar-refractivity contribution in [2.24, 2.45) is 7.05 Å². The van der Waals surface area contributed by atoms with E-state index in [2.05, 4.69) is 15.2 Å². The molecule has 10 heteroatoms. The highest BCUT2D eigenvalue weighted by atomic mass is 19.4. The van der Waals surface area contributed by atoms with Crippen LogP contribution < -0.4 is 5.32 Å². The van der Waals surface area contributed by atoms with Crippen molar-refractivity contribution in [2.45, 2.75) is 25.1 Å². The number of ether oxygens (including phenoxy) is 1. The molecule has 0 spiro atoms. The highest BCUT2D eigenvalue weighted by Crippen LogP contribution is 2.40. The smallest absolute Gasteiger partial charge is 0.416 e. The van der Waals surface area contributed by atoms with Gasteiger partial charge in [0.2, 0.25) is 0 Å². The van der Waals surface area contributed by atoms with Crippen molar-refractivity contribution in [3.05, 3.63) is 47.2 Å². The molecule has 28 heavy (non-hydrogen) atoms. The Morgan fingerprint density at radius 3 is 2.68 bits per heavy atom. The van der Waals surface area contributed by atoms with Crippen molar-refractivity contribution in [3.63, 3.8) is 0 Å². The lowest BCUT2D eigenvalue weighted by atomic mass is 9.98. The first-order valence-electron chi connectivity index (χ1n) is 8.58. The summed E-state index contributed by atoms with van der Waals surface area (Å²) in [5.41, 5.74) is -0.539. The molecule has 2 aromatic rings. The zero-order valence-electron chi connectivity index (χ0n) is 15.3. The third-order valence-corrected chi connectivity index (χ3v) is 4.65. The van der Waals surface area contributed by atoms with Gasteiger partial charge in [0.15, 0.2) is 5.82 Å². The number of nitrogens with zero attached hydrogens (tertiary/aromatic N) is 3. The van der Waals surface area contributed by atoms with Crippen LogP contribution in [0.1, 0.15) is 40.5 Å². The number of hydrogen-bond donors (Lipinski definition) is 1. The summed E-state index contributed by atoms with van der Waals surface area (Å²) in [4.78, 5) is 25.7. The molecule has 1 aliphatic rings. The summed E-state index contributed by atoms with van der Waals surface area (Å²) in [7, 11) is 2.74. The van der Waals surface area contributed by atoms with Gasteiger partial charge in [0, 0.05) is 19.7 Å². The molecule has 1 unspecified atom stereocenters. The van der Waals surface area contributed by atoms with Crippen molar-refractivity contribution in [3.8, 4) is 0 Å². The van der Waals surface area contributed by atoms with Crippen molar-refractivity contribution in [2.75, 3.05) is 19.0 Å². The summed E-state index contributed by atoms with van der Waals surface area (Å²) in [5, 5.41) is 6.57. The number of aromatic nitrogens is 2. The highest BCUT2D eigenvalue weighted by Gasteiger charge is 2.39. The van der Waals surface area contributed by atoms with E-state index in [9.17, 15) is 22.8 Å². The number of halogens is 3. The molecule has 1 saturated heterocycles. The van der Waals surface area contributed by atoms with E-state index >= 15 is 0 Å². The Balaban J connectivity index is 1.82. The molecule has 0 aliphatic carbocycles. The maximum atomic E-state index is 13.4. The van der Waals surface area contributed by atoms with Gasteiger partial charge in [0.05, 0.1) is 18.7 Å². The lowest BCUT2D eigenvalue weighted by molar-refractivity contribution is -0.138. The average molecular weight is 396 g/mol. The third kappa shape index (κ3) is 3.80. The Morgan fingerprint density at radius 2 is 2.00 bits per heavy atom. The fourth-order valence-electron chi connectivity index (χ4n) is 3.38. The van der Waals surface area contributed by atoms with Crippen molar-refractivity contribution in [1.29, 1.82) is 0 Å². The monoisotopic (exact) mass is 396 g/mol. The van der Waals surface area contributed by atoms with Gasteiger partial charge in [-0.2, -0.15) is 18.3 Å². The minimum atomic E-state index is -4.50. The minimum absolute atomic E-state index is 0.0684. The number of alkyl halides is 3. The number of benzene rings is 1. The molecule has 1 aliphatic heterocycles. The van der Waals surface area contributed by atoms with Gasteiger partial charge in [0.1, 0.15) is 5.69 Å². The molecule has 0 radical (unpaired) electrons. The second kappa shape index (κ2) is 7.53. The summed E-state index contributed by atoms with van der Waals surface area (Å²) in [5.74, 6) is -0.503. The molecule has 1 aromatic heterocycles. The van der Waals surface area contributed by atoms with E-state index in [0.29, 0.717) is 19.4 Å². The highest BCUT2D eigenvalue weighted by molar-refractivity contribution is 5.92. The zero-order chi connectivity index (χ0) is 20.5. The molecule has 0 bridgehead atoms. The Morgan fingerprint density at radius 1 is 1.29 bits per heavy atom. The molecule has 3 rings (SSSR count). The number of carbonyl (C=O) groups excluding carboxylic acids is 2.